The van der Waals surface area contributed by atoms with E-state index in [1.807, 2.05) is 6.26 Å². The number of rotatable bonds is 8. The van der Waals surface area contributed by atoms with Gasteiger partial charge in [0.2, 0.25) is 5.91 Å². The molecule has 0 radical (unpaired) electrons. The molecule has 0 aliphatic rings. The summed E-state index contributed by atoms with van der Waals surface area (Å²) in [6.45, 7) is 0. The predicted molar refractivity (Wildman–Crippen MR) is 67.2 cm³/mol. The lowest BCUT2D eigenvalue weighted by atomic mass is 10.1. The number of carbonyl (C=O) groups excluding carboxylic acids is 2. The van der Waals surface area contributed by atoms with Crippen LogP contribution in [0.5, 0.6) is 0 Å². The summed E-state index contributed by atoms with van der Waals surface area (Å²) >= 11 is 1.54. The van der Waals surface area contributed by atoms with Gasteiger partial charge in [0, 0.05) is 0 Å². The van der Waals surface area contributed by atoms with Crippen LogP contribution in [-0.2, 0) is 19.1 Å². The first-order valence-corrected chi connectivity index (χ1v) is 6.66. The van der Waals surface area contributed by atoms with E-state index in [1.54, 1.807) is 0 Å². The molecule has 0 saturated heterocycles. The number of amides is 1. The van der Waals surface area contributed by atoms with Gasteiger partial charge in [-0.2, -0.15) is 11.8 Å². The summed E-state index contributed by atoms with van der Waals surface area (Å²) in [5.74, 6) is -1.89. The summed E-state index contributed by atoms with van der Waals surface area (Å²) < 4.78 is 4.35. The fourth-order valence-corrected chi connectivity index (χ4v) is 1.59. The van der Waals surface area contributed by atoms with Gasteiger partial charge in [-0.3, -0.25) is 9.59 Å². The van der Waals surface area contributed by atoms with Crippen LogP contribution >= 0.6 is 11.8 Å². The second-order valence-corrected chi connectivity index (χ2v) is 4.55. The van der Waals surface area contributed by atoms with Crippen molar-refractivity contribution in [2.75, 3.05) is 19.1 Å². The van der Waals surface area contributed by atoms with Gasteiger partial charge in [-0.05, 0) is 18.4 Å². The van der Waals surface area contributed by atoms with Gasteiger partial charge in [0.15, 0.2) is 0 Å². The maximum Gasteiger partial charge on any atom is 0.326 e. The third-order valence-corrected chi connectivity index (χ3v) is 2.83. The second-order valence-electron chi connectivity index (χ2n) is 3.57. The Hall–Kier alpha value is -1.28. The van der Waals surface area contributed by atoms with Crippen molar-refractivity contribution in [3.8, 4) is 0 Å². The van der Waals surface area contributed by atoms with Gasteiger partial charge in [-0.1, -0.05) is 0 Å². The molecule has 0 aromatic carbocycles. The minimum absolute atomic E-state index is 0.424. The van der Waals surface area contributed by atoms with Crippen molar-refractivity contribution >= 4 is 29.6 Å². The summed E-state index contributed by atoms with van der Waals surface area (Å²) in [4.78, 5) is 33.4. The van der Waals surface area contributed by atoms with Crippen molar-refractivity contribution < 1.29 is 24.2 Å². The molecule has 0 aliphatic carbocycles. The van der Waals surface area contributed by atoms with E-state index in [1.165, 1.54) is 11.8 Å². The van der Waals surface area contributed by atoms with E-state index < -0.39 is 36.4 Å². The number of nitrogens with two attached hydrogens (primary N) is 1. The Labute approximate surface area is 109 Å². The minimum Gasteiger partial charge on any atom is -0.480 e. The second kappa shape index (κ2) is 8.76. The highest BCUT2D eigenvalue weighted by atomic mass is 32.2. The molecule has 7 nitrogen and oxygen atoms in total. The molecule has 0 rings (SSSR count). The third kappa shape index (κ3) is 6.45. The van der Waals surface area contributed by atoms with Gasteiger partial charge < -0.3 is 20.9 Å². The van der Waals surface area contributed by atoms with E-state index in [9.17, 15) is 14.4 Å². The Morgan fingerprint density at radius 1 is 1.44 bits per heavy atom. The number of hydrogen-bond acceptors (Lipinski definition) is 6. The Balaban J connectivity index is 4.35. The van der Waals surface area contributed by atoms with Gasteiger partial charge in [0.1, 0.15) is 6.04 Å². The highest BCUT2D eigenvalue weighted by molar-refractivity contribution is 7.98. The first-order chi connectivity index (χ1) is 8.42. The molecule has 0 saturated carbocycles. The molecule has 0 unspecified atom stereocenters. The number of thioether (sulfide) groups is 1. The molecule has 8 heteroatoms. The summed E-state index contributed by atoms with van der Waals surface area (Å²) in [7, 11) is 1.15. The standard InChI is InChI=1S/C10H18N2O5S/c1-17-8(13)5-7(10(15)16)12-9(14)6(11)3-4-18-2/h6-7H,3-5,11H2,1-2H3,(H,12,14)(H,15,16)/t6-,7+/m1/s1. The zero-order valence-electron chi connectivity index (χ0n) is 10.3. The number of hydrogen-bond donors (Lipinski definition) is 3. The van der Waals surface area contributed by atoms with Crippen LogP contribution in [0.4, 0.5) is 0 Å². The van der Waals surface area contributed by atoms with Crippen LogP contribution in [0.1, 0.15) is 12.8 Å². The summed E-state index contributed by atoms with van der Waals surface area (Å²) in [5, 5.41) is 11.1. The van der Waals surface area contributed by atoms with Crippen molar-refractivity contribution in [2.45, 2.75) is 24.9 Å². The molecule has 0 aromatic heterocycles. The lowest BCUT2D eigenvalue weighted by Crippen LogP contribution is -2.49. The molecule has 0 spiro atoms. The van der Waals surface area contributed by atoms with Gasteiger partial charge in [-0.15, -0.1) is 0 Å². The lowest BCUT2D eigenvalue weighted by Gasteiger charge is -2.16. The van der Waals surface area contributed by atoms with Crippen molar-refractivity contribution in [3.05, 3.63) is 0 Å². The summed E-state index contributed by atoms with van der Waals surface area (Å²) in [5.41, 5.74) is 5.58. The largest absolute Gasteiger partial charge is 0.480 e. The zero-order chi connectivity index (χ0) is 14.1. The van der Waals surface area contributed by atoms with Gasteiger partial charge >= 0.3 is 11.9 Å². The lowest BCUT2D eigenvalue weighted by molar-refractivity contribution is -0.148. The van der Waals surface area contributed by atoms with Crippen LogP contribution in [0.25, 0.3) is 0 Å². The minimum atomic E-state index is -1.31. The molecule has 0 aromatic rings. The fourth-order valence-electron chi connectivity index (χ4n) is 1.10. The van der Waals surface area contributed by atoms with Gasteiger partial charge in [-0.25, -0.2) is 4.79 Å². The maximum atomic E-state index is 11.6. The van der Waals surface area contributed by atoms with E-state index >= 15 is 0 Å². The van der Waals surface area contributed by atoms with E-state index in [-0.39, 0.29) is 0 Å². The average Bonchev–Trinajstić information content (AvgIpc) is 2.34. The van der Waals surface area contributed by atoms with Crippen molar-refractivity contribution in [1.82, 2.24) is 5.32 Å². The molecule has 1 amide bonds. The van der Waals surface area contributed by atoms with E-state index in [0.29, 0.717) is 12.2 Å². The quantitative estimate of drug-likeness (QED) is 0.497. The first kappa shape index (κ1) is 16.7. The maximum absolute atomic E-state index is 11.6. The van der Waals surface area contributed by atoms with Crippen LogP contribution in [0.15, 0.2) is 0 Å². The number of aliphatic carboxylic acids is 1. The topological polar surface area (TPSA) is 119 Å². The van der Waals surface area contributed by atoms with Crippen LogP contribution in [0.3, 0.4) is 0 Å². The van der Waals surface area contributed by atoms with Crippen LogP contribution in [-0.4, -0.2) is 54.2 Å². The monoisotopic (exact) mass is 278 g/mol. The Morgan fingerprint density at radius 3 is 2.50 bits per heavy atom. The molecule has 0 fully saturated rings. The highest BCUT2D eigenvalue weighted by Crippen LogP contribution is 2.01. The Morgan fingerprint density at radius 2 is 2.06 bits per heavy atom. The Bertz CT molecular complexity index is 311. The van der Waals surface area contributed by atoms with Gasteiger partial charge in [0.25, 0.3) is 0 Å². The summed E-state index contributed by atoms with van der Waals surface area (Å²) in [6, 6.07) is -2.10. The van der Waals surface area contributed by atoms with Crippen molar-refractivity contribution in [2.24, 2.45) is 5.73 Å². The number of methoxy groups -OCH3 is 1. The molecule has 4 N–H and O–H groups in total. The predicted octanol–water partition coefficient (Wildman–Crippen LogP) is -0.801. The van der Waals surface area contributed by atoms with Gasteiger partial charge in [0.05, 0.1) is 19.6 Å². The molecule has 2 atom stereocenters. The first-order valence-electron chi connectivity index (χ1n) is 5.26. The van der Waals surface area contributed by atoms with Crippen LogP contribution < -0.4 is 11.1 Å². The zero-order valence-corrected chi connectivity index (χ0v) is 11.2. The van der Waals surface area contributed by atoms with Crippen LogP contribution in [0, 0.1) is 0 Å². The average molecular weight is 278 g/mol. The SMILES string of the molecule is COC(=O)C[C@H](NC(=O)[C@H](N)CCSC)C(=O)O. The molecule has 0 heterocycles. The molecular weight excluding hydrogens is 260 g/mol. The highest BCUT2D eigenvalue weighted by Gasteiger charge is 2.25. The van der Waals surface area contributed by atoms with E-state index in [4.69, 9.17) is 10.8 Å². The van der Waals surface area contributed by atoms with Crippen molar-refractivity contribution in [3.63, 3.8) is 0 Å². The number of carboxylic acids is 1. The number of carbonyl (C=O) groups is 3. The van der Waals surface area contributed by atoms with E-state index in [0.717, 1.165) is 7.11 Å². The number of nitrogens with one attached hydrogen (secondary N) is 1. The Kier molecular flexibility index (Phi) is 8.14. The third-order valence-electron chi connectivity index (χ3n) is 2.18. The number of esters is 1. The van der Waals surface area contributed by atoms with Crippen molar-refractivity contribution in [1.29, 1.82) is 0 Å². The molecule has 104 valence electrons. The smallest absolute Gasteiger partial charge is 0.326 e. The molecule has 18 heavy (non-hydrogen) atoms. The normalized spacial score (nSPS) is 13.5. The summed E-state index contributed by atoms with van der Waals surface area (Å²) in [6.07, 6.45) is 1.90. The fraction of sp³-hybridized carbons (Fsp3) is 0.700. The number of carboxylic acid groups (broad SMARTS) is 1. The van der Waals surface area contributed by atoms with Crippen LogP contribution in [0.2, 0.25) is 0 Å². The molecular formula is C10H18N2O5S. The van der Waals surface area contributed by atoms with E-state index in [2.05, 4.69) is 10.1 Å². The molecule has 0 aliphatic heterocycles. The molecule has 0 bridgehead atoms. The number of ether oxygens (including phenoxy) is 1.